The van der Waals surface area contributed by atoms with Crippen LogP contribution < -0.4 is 20.7 Å². The standard InChI is InChI=1S/C52H65ClN8O7S/c1-30(32-10-12-33(13-11-32)45-31(2)57-29-69-45)58-47(65)40-20-36(62)25-61(40)48(66)46(50(3,4)5)59-44(64)28-67-38-26-60(27-38)19-18-55-43-17-15-35(24-56-43)41(63)22-42-51(6,7)49(52(42,8)9)68-37-16-14-34(23-54)39(53)21-37/h10-17,21,24,29-30,36,38,40,42,46,49,62H,18-20,22,25-28H2,1-9H3,(H,55,56)(H,58,65)(H,59,64)/t30-,36+,40-,42?,46+,49?/m0/s1. The van der Waals surface area contributed by atoms with Crippen molar-refractivity contribution in [1.29, 1.82) is 5.26 Å². The second-order valence-electron chi connectivity index (χ2n) is 21.0. The lowest BCUT2D eigenvalue weighted by atomic mass is 9.44. The fourth-order valence-electron chi connectivity index (χ4n) is 10.3. The van der Waals surface area contributed by atoms with E-state index in [0.29, 0.717) is 60.3 Å². The highest BCUT2D eigenvalue weighted by atomic mass is 35.5. The molecule has 0 unspecified atom stereocenters. The number of nitrogens with one attached hydrogen (secondary N) is 3. The number of pyridine rings is 1. The lowest BCUT2D eigenvalue weighted by Crippen LogP contribution is -2.66. The number of aliphatic hydroxyl groups is 1. The van der Waals surface area contributed by atoms with Crippen molar-refractivity contribution < 1.29 is 33.8 Å². The first-order valence-corrected chi connectivity index (χ1v) is 24.8. The third-order valence-electron chi connectivity index (χ3n) is 14.1. The van der Waals surface area contributed by atoms with Gasteiger partial charge in [0.1, 0.15) is 42.4 Å². The molecule has 15 nitrogen and oxygen atoms in total. The number of β-amino-alcohol motifs (C(OH)–C–C–N with tert-alkyl or cyclic N) is 1. The highest BCUT2D eigenvalue weighted by Crippen LogP contribution is 2.61. The number of nitrogens with zero attached hydrogens (tertiary/aromatic N) is 5. The smallest absolute Gasteiger partial charge is 0.246 e. The van der Waals surface area contributed by atoms with Crippen LogP contribution in [0.1, 0.15) is 101 Å². The number of hydrogen-bond donors (Lipinski definition) is 4. The Balaban J connectivity index is 0.817. The second kappa shape index (κ2) is 20.9. The number of anilines is 1. The average Bonchev–Trinajstić information content (AvgIpc) is 3.91. The first-order valence-electron chi connectivity index (χ1n) is 23.6. The van der Waals surface area contributed by atoms with E-state index >= 15 is 0 Å². The summed E-state index contributed by atoms with van der Waals surface area (Å²) in [5.41, 5.74) is 4.38. The maximum absolute atomic E-state index is 14.1. The third-order valence-corrected chi connectivity index (χ3v) is 15.4. The molecule has 7 rings (SSSR count). The normalized spacial score (nSPS) is 21.8. The number of aromatic nitrogens is 2. The molecule has 2 aliphatic heterocycles. The molecule has 4 N–H and O–H groups in total. The van der Waals surface area contributed by atoms with E-state index in [-0.39, 0.29) is 66.3 Å². The van der Waals surface area contributed by atoms with Crippen LogP contribution in [0.3, 0.4) is 0 Å². The van der Waals surface area contributed by atoms with Gasteiger partial charge < -0.3 is 35.4 Å². The van der Waals surface area contributed by atoms with Crippen molar-refractivity contribution in [2.75, 3.05) is 44.6 Å². The summed E-state index contributed by atoms with van der Waals surface area (Å²) in [4.78, 5) is 68.1. The van der Waals surface area contributed by atoms with E-state index in [2.05, 4.69) is 64.6 Å². The molecular formula is C52H65ClN8O7S. The molecule has 0 bridgehead atoms. The number of carbonyl (C=O) groups excluding carboxylic acids is 4. The quantitative estimate of drug-likeness (QED) is 0.0732. The molecule has 368 valence electrons. The van der Waals surface area contributed by atoms with E-state index < -0.39 is 35.4 Å². The predicted molar refractivity (Wildman–Crippen MR) is 266 cm³/mol. The number of ketones is 1. The molecule has 1 aliphatic carbocycles. The summed E-state index contributed by atoms with van der Waals surface area (Å²) >= 11 is 7.83. The number of hydrogen-bond acceptors (Lipinski definition) is 13. The summed E-state index contributed by atoms with van der Waals surface area (Å²) in [6.45, 7) is 20.2. The van der Waals surface area contributed by atoms with Crippen LogP contribution in [0.25, 0.3) is 10.4 Å². The molecule has 0 spiro atoms. The van der Waals surface area contributed by atoms with Crippen molar-refractivity contribution in [2.24, 2.45) is 22.2 Å². The molecule has 1 saturated carbocycles. The molecule has 3 amide bonds. The van der Waals surface area contributed by atoms with Crippen LogP contribution in [-0.2, 0) is 19.1 Å². The minimum absolute atomic E-state index is 0.0170. The minimum Gasteiger partial charge on any atom is -0.489 e. The number of likely N-dealkylation sites (tertiary alicyclic amines) is 2. The largest absolute Gasteiger partial charge is 0.489 e. The number of thiazole rings is 1. The molecular weight excluding hydrogens is 916 g/mol. The Hall–Kier alpha value is -5.44. The third kappa shape index (κ3) is 11.6. The van der Waals surface area contributed by atoms with Crippen molar-refractivity contribution in [1.82, 2.24) is 30.4 Å². The molecule has 69 heavy (non-hydrogen) atoms. The Morgan fingerprint density at radius 1 is 1.00 bits per heavy atom. The van der Waals surface area contributed by atoms with Crippen LogP contribution in [0, 0.1) is 40.4 Å². The molecule has 3 aliphatic rings. The summed E-state index contributed by atoms with van der Waals surface area (Å²) in [5.74, 6) is 0.0991. The molecule has 4 heterocycles. The van der Waals surface area contributed by atoms with E-state index in [1.807, 2.05) is 70.5 Å². The van der Waals surface area contributed by atoms with Crippen LogP contribution in [0.15, 0.2) is 66.3 Å². The fourth-order valence-corrected chi connectivity index (χ4v) is 11.4. The number of nitriles is 1. The fraction of sp³-hybridized carbons (Fsp3) is 0.519. The number of halogens is 1. The van der Waals surface area contributed by atoms with Gasteiger partial charge in [-0.3, -0.25) is 24.1 Å². The Morgan fingerprint density at radius 2 is 1.71 bits per heavy atom. The van der Waals surface area contributed by atoms with Gasteiger partial charge in [0, 0.05) is 74.2 Å². The van der Waals surface area contributed by atoms with Gasteiger partial charge in [0.15, 0.2) is 5.78 Å². The zero-order chi connectivity index (χ0) is 50.0. The number of aliphatic hydroxyl groups excluding tert-OH is 1. The predicted octanol–water partition coefficient (Wildman–Crippen LogP) is 7.22. The minimum atomic E-state index is -0.961. The van der Waals surface area contributed by atoms with E-state index in [1.165, 1.54) is 4.90 Å². The van der Waals surface area contributed by atoms with Gasteiger partial charge in [-0.05, 0) is 60.6 Å². The van der Waals surface area contributed by atoms with Crippen molar-refractivity contribution in [3.8, 4) is 22.3 Å². The van der Waals surface area contributed by atoms with Crippen LogP contribution in [0.4, 0.5) is 5.82 Å². The van der Waals surface area contributed by atoms with Crippen molar-refractivity contribution >= 4 is 52.3 Å². The van der Waals surface area contributed by atoms with Gasteiger partial charge >= 0.3 is 0 Å². The lowest BCUT2D eigenvalue weighted by molar-refractivity contribution is -0.196. The maximum Gasteiger partial charge on any atom is 0.246 e. The molecule has 0 radical (unpaired) electrons. The molecule has 17 heteroatoms. The summed E-state index contributed by atoms with van der Waals surface area (Å²) in [6.07, 6.45) is 0.873. The maximum atomic E-state index is 14.1. The SMILES string of the molecule is Cc1ncsc1-c1ccc([C@H](C)NC(=O)[C@@H]2C[C@@H](O)CN2C(=O)[C@@H](NC(=O)COC2CN(CCNc3ccc(C(=O)CC4C(C)(C)C(Oc5ccc(C#N)c(Cl)c5)C4(C)C)cn3)C2)C(C)(C)C)cc1. The first kappa shape index (κ1) is 51.4. The topological polar surface area (TPSA) is 199 Å². The van der Waals surface area contributed by atoms with Gasteiger partial charge in [0.05, 0.1) is 44.9 Å². The van der Waals surface area contributed by atoms with Crippen LogP contribution in [0.5, 0.6) is 5.75 Å². The summed E-state index contributed by atoms with van der Waals surface area (Å²) in [6, 6.07) is 16.5. The van der Waals surface area contributed by atoms with E-state index in [1.54, 1.807) is 41.8 Å². The van der Waals surface area contributed by atoms with Gasteiger partial charge in [0.25, 0.3) is 0 Å². The van der Waals surface area contributed by atoms with Crippen LogP contribution in [-0.4, -0.2) is 118 Å². The monoisotopic (exact) mass is 980 g/mol. The molecule has 4 aromatic rings. The number of carbonyl (C=O) groups is 4. The van der Waals surface area contributed by atoms with E-state index in [0.717, 1.165) is 21.7 Å². The summed E-state index contributed by atoms with van der Waals surface area (Å²) < 4.78 is 12.3. The number of ether oxygens (including phenoxy) is 2. The van der Waals surface area contributed by atoms with Crippen molar-refractivity contribution in [3.63, 3.8) is 0 Å². The van der Waals surface area contributed by atoms with Crippen molar-refractivity contribution in [3.05, 3.63) is 93.7 Å². The summed E-state index contributed by atoms with van der Waals surface area (Å²) in [5, 5.41) is 29.4. The van der Waals surface area contributed by atoms with Gasteiger partial charge in [-0.25, -0.2) is 9.97 Å². The average molecular weight is 982 g/mol. The molecule has 3 fully saturated rings. The zero-order valence-electron chi connectivity index (χ0n) is 41.0. The number of aryl methyl sites for hydroxylation is 1. The molecule has 2 aromatic heterocycles. The van der Waals surface area contributed by atoms with Crippen molar-refractivity contribution in [2.45, 2.75) is 112 Å². The van der Waals surface area contributed by atoms with Gasteiger partial charge in [-0.2, -0.15) is 5.26 Å². The zero-order valence-corrected chi connectivity index (χ0v) is 42.5. The Kier molecular flexibility index (Phi) is 15.6. The highest BCUT2D eigenvalue weighted by Gasteiger charge is 2.63. The van der Waals surface area contributed by atoms with Gasteiger partial charge in [-0.1, -0.05) is 84.3 Å². The molecule has 2 saturated heterocycles. The number of amides is 3. The van der Waals surface area contributed by atoms with Crippen LogP contribution >= 0.6 is 22.9 Å². The van der Waals surface area contributed by atoms with Gasteiger partial charge in [-0.15, -0.1) is 11.3 Å². The highest BCUT2D eigenvalue weighted by molar-refractivity contribution is 7.13. The second-order valence-corrected chi connectivity index (χ2v) is 22.3. The Bertz CT molecular complexity index is 2530. The number of Topliss-reactive ketones (excluding diaryl/α,β-unsaturated/α-hetero) is 1. The summed E-state index contributed by atoms with van der Waals surface area (Å²) in [7, 11) is 0. The lowest BCUT2D eigenvalue weighted by Gasteiger charge is -2.63. The molecule has 2 aromatic carbocycles. The van der Waals surface area contributed by atoms with Crippen LogP contribution in [0.2, 0.25) is 5.02 Å². The van der Waals surface area contributed by atoms with E-state index in [9.17, 15) is 29.5 Å². The first-order chi connectivity index (χ1) is 32.6. The van der Waals surface area contributed by atoms with Gasteiger partial charge in [0.2, 0.25) is 17.7 Å². The Morgan fingerprint density at radius 3 is 2.32 bits per heavy atom. The Labute approximate surface area is 414 Å². The number of benzene rings is 2. The molecule has 4 atom stereocenters. The number of rotatable bonds is 18. The van der Waals surface area contributed by atoms with E-state index in [4.69, 9.17) is 21.1 Å².